The molecule has 1 aliphatic rings. The van der Waals surface area contributed by atoms with Gasteiger partial charge in [-0.15, -0.1) is 0 Å². The number of rotatable bonds is 3. The van der Waals surface area contributed by atoms with Crippen LogP contribution in [0.5, 0.6) is 5.75 Å². The number of ether oxygens (including phenoxy) is 1. The fraction of sp³-hybridized carbons (Fsp3) is 0.400. The molecular weight excluding hydrogens is 284 g/mol. The predicted octanol–water partition coefficient (Wildman–Crippen LogP) is -0.586. The molecule has 1 aliphatic heterocycles. The Morgan fingerprint density at radius 2 is 1.77 bits per heavy atom. The van der Waals surface area contributed by atoms with Crippen LogP contribution in [0.3, 0.4) is 0 Å². The van der Waals surface area contributed by atoms with E-state index in [9.17, 15) is 9.59 Å². The lowest BCUT2D eigenvalue weighted by molar-refractivity contribution is -0.880. The van der Waals surface area contributed by atoms with Crippen LogP contribution in [-0.4, -0.2) is 44.8 Å². The number of methoxy groups -OCH3 is 1. The number of carbonyl (C=O) groups is 2. The van der Waals surface area contributed by atoms with Crippen LogP contribution in [0, 0.1) is 0 Å². The molecule has 3 N–H and O–H groups in total. The average molecular weight is 305 g/mol. The van der Waals surface area contributed by atoms with Crippen molar-refractivity contribution in [2.24, 2.45) is 5.10 Å². The Kier molecular flexibility index (Phi) is 5.48. The number of quaternary nitrogens is 1. The van der Waals surface area contributed by atoms with Gasteiger partial charge in [-0.1, -0.05) is 0 Å². The molecule has 2 rings (SSSR count). The summed E-state index contributed by atoms with van der Waals surface area (Å²) in [6, 6.07) is 6.73. The Balaban J connectivity index is 1.84. The summed E-state index contributed by atoms with van der Waals surface area (Å²) in [6.45, 7) is 1.99. The molecule has 0 bridgehead atoms. The molecule has 0 radical (unpaired) electrons. The number of anilines is 1. The molecule has 0 unspecified atom stereocenters. The van der Waals surface area contributed by atoms with E-state index in [0.29, 0.717) is 11.4 Å². The number of piperidine rings is 1. The monoisotopic (exact) mass is 305 g/mol. The number of nitrogens with zero attached hydrogens (tertiary/aromatic N) is 1. The van der Waals surface area contributed by atoms with Crippen LogP contribution in [0.4, 0.5) is 5.69 Å². The van der Waals surface area contributed by atoms with Crippen molar-refractivity contribution in [1.29, 1.82) is 0 Å². The van der Waals surface area contributed by atoms with E-state index >= 15 is 0 Å². The Labute approximate surface area is 129 Å². The molecule has 1 aromatic rings. The van der Waals surface area contributed by atoms with E-state index in [1.165, 1.54) is 4.90 Å². The molecule has 1 saturated heterocycles. The van der Waals surface area contributed by atoms with Gasteiger partial charge in [0.05, 0.1) is 27.2 Å². The lowest BCUT2D eigenvalue weighted by atomic mass is 10.1. The van der Waals surface area contributed by atoms with Crippen LogP contribution in [0.1, 0.15) is 12.8 Å². The highest BCUT2D eigenvalue weighted by Crippen LogP contribution is 2.14. The SMILES string of the molecule is COc1ccc(NC(=O)C(=O)NN=C2CC[NH+](C)CC2)cc1. The van der Waals surface area contributed by atoms with E-state index in [1.54, 1.807) is 31.4 Å². The smallest absolute Gasteiger partial charge is 0.329 e. The second-order valence-electron chi connectivity index (χ2n) is 5.26. The zero-order chi connectivity index (χ0) is 15.9. The first kappa shape index (κ1) is 16.0. The highest BCUT2D eigenvalue weighted by atomic mass is 16.5. The van der Waals surface area contributed by atoms with Gasteiger partial charge < -0.3 is 15.0 Å². The molecule has 0 aliphatic carbocycles. The maximum Gasteiger partial charge on any atom is 0.329 e. The van der Waals surface area contributed by atoms with Crippen molar-refractivity contribution >= 4 is 23.2 Å². The summed E-state index contributed by atoms with van der Waals surface area (Å²) >= 11 is 0. The Morgan fingerprint density at radius 3 is 2.36 bits per heavy atom. The largest absolute Gasteiger partial charge is 0.497 e. The van der Waals surface area contributed by atoms with Crippen LogP contribution < -0.4 is 20.4 Å². The van der Waals surface area contributed by atoms with Crippen molar-refractivity contribution in [2.45, 2.75) is 12.8 Å². The van der Waals surface area contributed by atoms with Gasteiger partial charge in [-0.25, -0.2) is 5.43 Å². The molecule has 0 saturated carbocycles. The van der Waals surface area contributed by atoms with Crippen molar-refractivity contribution in [3.63, 3.8) is 0 Å². The van der Waals surface area contributed by atoms with Crippen LogP contribution >= 0.6 is 0 Å². The zero-order valence-corrected chi connectivity index (χ0v) is 12.8. The van der Waals surface area contributed by atoms with E-state index in [1.807, 2.05) is 0 Å². The number of hydrazone groups is 1. The Bertz CT molecular complexity index is 559. The van der Waals surface area contributed by atoms with Crippen molar-refractivity contribution in [1.82, 2.24) is 5.43 Å². The van der Waals surface area contributed by atoms with Gasteiger partial charge in [0, 0.05) is 24.2 Å². The molecule has 7 heteroatoms. The number of hydrogen-bond acceptors (Lipinski definition) is 4. The zero-order valence-electron chi connectivity index (χ0n) is 12.8. The number of benzene rings is 1. The quantitative estimate of drug-likeness (QED) is 0.516. The fourth-order valence-electron chi connectivity index (χ4n) is 2.12. The molecule has 22 heavy (non-hydrogen) atoms. The van der Waals surface area contributed by atoms with E-state index in [0.717, 1.165) is 31.6 Å². The van der Waals surface area contributed by atoms with Crippen molar-refractivity contribution in [3.05, 3.63) is 24.3 Å². The van der Waals surface area contributed by atoms with E-state index in [2.05, 4.69) is 22.9 Å². The molecule has 7 nitrogen and oxygen atoms in total. The van der Waals surface area contributed by atoms with Gasteiger partial charge in [-0.3, -0.25) is 9.59 Å². The minimum absolute atomic E-state index is 0.525. The number of nitrogens with one attached hydrogen (secondary N) is 3. The molecule has 1 aromatic carbocycles. The predicted molar refractivity (Wildman–Crippen MR) is 83.1 cm³/mol. The van der Waals surface area contributed by atoms with Gasteiger partial charge in [-0.05, 0) is 24.3 Å². The summed E-state index contributed by atoms with van der Waals surface area (Å²) in [5, 5.41) is 6.54. The minimum atomic E-state index is -0.769. The second-order valence-corrected chi connectivity index (χ2v) is 5.26. The molecule has 0 spiro atoms. The first-order chi connectivity index (χ1) is 10.6. The van der Waals surface area contributed by atoms with Gasteiger partial charge in [0.2, 0.25) is 0 Å². The molecule has 1 fully saturated rings. The summed E-state index contributed by atoms with van der Waals surface area (Å²) < 4.78 is 5.02. The van der Waals surface area contributed by atoms with E-state index < -0.39 is 11.8 Å². The number of hydrogen-bond donors (Lipinski definition) is 3. The highest BCUT2D eigenvalue weighted by Gasteiger charge is 2.17. The van der Waals surface area contributed by atoms with Gasteiger partial charge in [0.1, 0.15) is 5.75 Å². The maximum absolute atomic E-state index is 11.8. The first-order valence-electron chi connectivity index (χ1n) is 7.20. The summed E-state index contributed by atoms with van der Waals surface area (Å²) in [5.74, 6) is -0.832. The van der Waals surface area contributed by atoms with Gasteiger partial charge in [0.25, 0.3) is 0 Å². The minimum Gasteiger partial charge on any atom is -0.497 e. The van der Waals surface area contributed by atoms with E-state index in [-0.39, 0.29) is 0 Å². The summed E-state index contributed by atoms with van der Waals surface area (Å²) in [5.41, 5.74) is 3.76. The molecule has 0 atom stereocenters. The first-order valence-corrected chi connectivity index (χ1v) is 7.20. The number of likely N-dealkylation sites (tertiary alicyclic amines) is 1. The van der Waals surface area contributed by atoms with Crippen LogP contribution in [0.25, 0.3) is 0 Å². The van der Waals surface area contributed by atoms with Crippen molar-refractivity contribution < 1.29 is 19.2 Å². The summed E-state index contributed by atoms with van der Waals surface area (Å²) in [4.78, 5) is 24.9. The third-order valence-corrected chi connectivity index (χ3v) is 3.55. The Morgan fingerprint density at radius 1 is 1.14 bits per heavy atom. The third-order valence-electron chi connectivity index (χ3n) is 3.55. The van der Waals surface area contributed by atoms with Gasteiger partial charge in [0.15, 0.2) is 0 Å². The highest BCUT2D eigenvalue weighted by molar-refractivity contribution is 6.39. The second kappa shape index (κ2) is 7.56. The Hall–Kier alpha value is -2.41. The van der Waals surface area contributed by atoms with Crippen molar-refractivity contribution in [2.75, 3.05) is 32.6 Å². The third kappa shape index (κ3) is 4.56. The molecule has 2 amide bonds. The summed E-state index contributed by atoms with van der Waals surface area (Å²) in [6.07, 6.45) is 1.68. The molecule has 118 valence electrons. The van der Waals surface area contributed by atoms with Crippen LogP contribution in [0.15, 0.2) is 29.4 Å². The normalized spacial score (nSPS) is 17.5. The molecule has 1 heterocycles. The number of amides is 2. The van der Waals surface area contributed by atoms with E-state index in [4.69, 9.17) is 4.74 Å². The van der Waals surface area contributed by atoms with Gasteiger partial charge >= 0.3 is 11.8 Å². The van der Waals surface area contributed by atoms with Crippen LogP contribution in [0.2, 0.25) is 0 Å². The van der Waals surface area contributed by atoms with Crippen molar-refractivity contribution in [3.8, 4) is 5.75 Å². The maximum atomic E-state index is 11.8. The number of carbonyl (C=O) groups excluding carboxylic acids is 2. The molecular formula is C15H21N4O3+. The topological polar surface area (TPSA) is 84.2 Å². The average Bonchev–Trinajstić information content (AvgIpc) is 2.54. The lowest BCUT2D eigenvalue weighted by Gasteiger charge is -2.20. The summed E-state index contributed by atoms with van der Waals surface area (Å²) in [7, 11) is 3.68. The standard InChI is InChI=1S/C15H20N4O3/c1-19-9-7-12(8-10-19)17-18-15(21)14(20)16-11-3-5-13(22-2)6-4-11/h3-6H,7-10H2,1-2H3,(H,16,20)(H,18,21)/p+1. The lowest BCUT2D eigenvalue weighted by Crippen LogP contribution is -3.10. The fourth-order valence-corrected chi connectivity index (χ4v) is 2.12. The molecule has 0 aromatic heterocycles. The van der Waals surface area contributed by atoms with Crippen LogP contribution in [-0.2, 0) is 9.59 Å². The van der Waals surface area contributed by atoms with Gasteiger partial charge in [-0.2, -0.15) is 5.10 Å².